The summed E-state index contributed by atoms with van der Waals surface area (Å²) in [6.07, 6.45) is 0. The van der Waals surface area contributed by atoms with E-state index in [1.54, 1.807) is 0 Å². The second-order valence-electron chi connectivity index (χ2n) is 0. The molecule has 0 saturated heterocycles. The average Bonchev–Trinajstić information content (AvgIpc) is 0. The van der Waals surface area contributed by atoms with Crippen molar-refractivity contribution in [2.24, 2.45) is 0 Å². The minimum Gasteiger partial charge on any atom is 2.00 e. The summed E-state index contributed by atoms with van der Waals surface area (Å²) in [6, 6.07) is 0. The van der Waals surface area contributed by atoms with Crippen molar-refractivity contribution in [2.75, 3.05) is 0 Å². The Morgan fingerprint density at radius 1 is 0.500 bits per heavy atom. The first kappa shape index (κ1) is 115. The number of hydrogen-bond acceptors (Lipinski definition) is 0. The van der Waals surface area contributed by atoms with Crippen molar-refractivity contribution in [3.8, 4) is 0 Å². The zero-order chi connectivity index (χ0) is 0. The molecule has 2 N–H and O–H groups in total. The fourth-order valence-electron chi connectivity index (χ4n) is 0. The van der Waals surface area contributed by atoms with Gasteiger partial charge in [-0.25, -0.2) is 0 Å². The SMILES string of the molecule is O.[Cl-].[Cl-].[Cl-].[Cl-].[SnH3].[Zn+2].[Zn+2]. The van der Waals surface area contributed by atoms with Crippen molar-refractivity contribution in [3.63, 3.8) is 0 Å². The standard InChI is InChI=1S/4ClH.H2O.Sn.2Zn.3H/h4*1H;1H2;;;;;;/q;;;;;;2*+2;;;/p-4. The van der Waals surface area contributed by atoms with E-state index >= 15 is 0 Å². The van der Waals surface area contributed by atoms with Gasteiger partial charge in [0, 0.05) is 0 Å². The molecule has 0 aromatic heterocycles. The van der Waals surface area contributed by atoms with Gasteiger partial charge in [0.05, 0.1) is 0 Å². The molecule has 0 aliphatic rings. The molecule has 0 spiro atoms. The van der Waals surface area contributed by atoms with Crippen LogP contribution in [-0.4, -0.2) is 29.4 Å². The molecule has 1 radical (unpaired) electrons. The molecule has 0 unspecified atom stereocenters. The molecule has 0 atom stereocenters. The van der Waals surface area contributed by atoms with Gasteiger partial charge in [-0.2, -0.15) is 0 Å². The summed E-state index contributed by atoms with van der Waals surface area (Å²) in [5.74, 6) is 0. The van der Waals surface area contributed by atoms with Gasteiger partial charge >= 0.3 is 62.9 Å². The smallest absolute Gasteiger partial charge is 2.00 e. The maximum absolute atomic E-state index is 0. The second kappa shape index (κ2) is 85.2. The van der Waals surface area contributed by atoms with Crippen molar-refractivity contribution < 1.29 is 94.1 Å². The van der Waals surface area contributed by atoms with E-state index in [2.05, 4.69) is 0 Å². The molecule has 47 valence electrons. The molecule has 0 heterocycles. The van der Waals surface area contributed by atoms with Crippen LogP contribution >= 0.6 is 0 Å². The fourth-order valence-corrected chi connectivity index (χ4v) is 0. The molecular formula is H5Cl4OSnZn2. The molecule has 0 saturated carbocycles. The summed E-state index contributed by atoms with van der Waals surface area (Å²) >= 11 is 0. The minimum atomic E-state index is 0. The van der Waals surface area contributed by atoms with E-state index in [4.69, 9.17) is 0 Å². The summed E-state index contributed by atoms with van der Waals surface area (Å²) in [6.45, 7) is 0. The van der Waals surface area contributed by atoms with Crippen LogP contribution in [0.3, 0.4) is 0 Å². The molecule has 0 aliphatic carbocycles. The molecule has 0 aromatic rings. The van der Waals surface area contributed by atoms with Gasteiger partial charge in [0.2, 0.25) is 0 Å². The van der Waals surface area contributed by atoms with Crippen LogP contribution in [-0.2, 0) is 39.0 Å². The van der Waals surface area contributed by atoms with E-state index in [0.717, 1.165) is 0 Å². The van der Waals surface area contributed by atoms with Gasteiger partial charge in [0.25, 0.3) is 0 Å². The van der Waals surface area contributed by atoms with Gasteiger partial charge in [-0.05, 0) is 0 Å². The van der Waals surface area contributed by atoms with E-state index < -0.39 is 0 Å². The molecular weight excluding hydrogens is 407 g/mol. The first-order valence-corrected chi connectivity index (χ1v) is 0. The largest absolute Gasteiger partial charge is 2.00 e. The molecule has 0 aromatic carbocycles. The van der Waals surface area contributed by atoms with Crippen LogP contribution in [0.15, 0.2) is 0 Å². The quantitative estimate of drug-likeness (QED) is 0.354. The van der Waals surface area contributed by atoms with Crippen molar-refractivity contribution >= 4 is 23.9 Å². The Hall–Kier alpha value is 3.17. The van der Waals surface area contributed by atoms with Crippen LogP contribution in [0.2, 0.25) is 0 Å². The molecule has 0 rings (SSSR count). The Morgan fingerprint density at radius 3 is 0.500 bits per heavy atom. The number of hydrogen-bond donors (Lipinski definition) is 0. The van der Waals surface area contributed by atoms with Crippen LogP contribution in [0.25, 0.3) is 0 Å². The summed E-state index contributed by atoms with van der Waals surface area (Å²) < 4.78 is 0. The molecule has 0 bridgehead atoms. The van der Waals surface area contributed by atoms with Crippen LogP contribution in [0.4, 0.5) is 0 Å². The molecule has 0 amide bonds. The maximum atomic E-state index is 0. The minimum absolute atomic E-state index is 0. The van der Waals surface area contributed by atoms with E-state index in [-0.39, 0.29) is 118 Å². The Labute approximate surface area is 116 Å². The summed E-state index contributed by atoms with van der Waals surface area (Å²) in [5.41, 5.74) is 0. The van der Waals surface area contributed by atoms with Gasteiger partial charge in [-0.3, -0.25) is 0 Å². The van der Waals surface area contributed by atoms with Crippen molar-refractivity contribution in [2.45, 2.75) is 0 Å². The number of halogens is 4. The van der Waals surface area contributed by atoms with E-state index in [1.807, 2.05) is 0 Å². The first-order valence-electron chi connectivity index (χ1n) is 0. The molecule has 0 fully saturated rings. The molecule has 1 nitrogen and oxygen atoms in total. The van der Waals surface area contributed by atoms with E-state index in [0.29, 0.717) is 0 Å². The molecule has 0 aliphatic heterocycles. The van der Waals surface area contributed by atoms with E-state index in [9.17, 15) is 0 Å². The monoisotopic (exact) mass is 409 g/mol. The van der Waals surface area contributed by atoms with Crippen molar-refractivity contribution in [1.82, 2.24) is 0 Å². The molecule has 8 heteroatoms. The third kappa shape index (κ3) is 61.0. The third-order valence-corrected chi connectivity index (χ3v) is 0. The van der Waals surface area contributed by atoms with Gasteiger partial charge < -0.3 is 55.1 Å². The van der Waals surface area contributed by atoms with E-state index in [1.165, 1.54) is 0 Å². The van der Waals surface area contributed by atoms with Gasteiger partial charge in [-0.1, -0.05) is 0 Å². The Balaban J connectivity index is 0. The van der Waals surface area contributed by atoms with Crippen LogP contribution in [0.5, 0.6) is 0 Å². The van der Waals surface area contributed by atoms with Crippen molar-refractivity contribution in [3.05, 3.63) is 0 Å². The van der Waals surface area contributed by atoms with Gasteiger partial charge in [0.1, 0.15) is 0 Å². The van der Waals surface area contributed by atoms with Crippen molar-refractivity contribution in [1.29, 1.82) is 0 Å². The fraction of sp³-hybridized carbons (Fsp3) is 0. The predicted molar refractivity (Wildman–Crippen MR) is 13.6 cm³/mol. The van der Waals surface area contributed by atoms with Gasteiger partial charge in [0.15, 0.2) is 0 Å². The normalized spacial score (nSPS) is 0. The number of rotatable bonds is 0. The van der Waals surface area contributed by atoms with Crippen LogP contribution < -0.4 is 49.6 Å². The first-order chi connectivity index (χ1) is 0. The summed E-state index contributed by atoms with van der Waals surface area (Å²) in [4.78, 5) is 0. The third-order valence-electron chi connectivity index (χ3n) is 0. The van der Waals surface area contributed by atoms with Crippen LogP contribution in [0, 0.1) is 0 Å². The zero-order valence-corrected chi connectivity index (χ0v) is 19.1. The second-order valence-corrected chi connectivity index (χ2v) is 0. The maximum Gasteiger partial charge on any atom is 2.00 e. The molecule has 8 heavy (non-hydrogen) atoms. The average molecular weight is 412 g/mol. The Kier molecular flexibility index (Phi) is 1230. The summed E-state index contributed by atoms with van der Waals surface area (Å²) in [5, 5.41) is 0. The van der Waals surface area contributed by atoms with Crippen LogP contribution in [0.1, 0.15) is 0 Å². The predicted octanol–water partition coefficient (Wildman–Crippen LogP) is -14.0. The Bertz CT molecular complexity index is 14.0. The van der Waals surface area contributed by atoms with Gasteiger partial charge in [-0.15, -0.1) is 0 Å². The summed E-state index contributed by atoms with van der Waals surface area (Å²) in [7, 11) is 0. The Morgan fingerprint density at radius 2 is 0.500 bits per heavy atom. The zero-order valence-electron chi connectivity index (χ0n) is 4.43. The topological polar surface area (TPSA) is 31.5 Å².